The van der Waals surface area contributed by atoms with Crippen LogP contribution in [-0.4, -0.2) is 10.6 Å². The number of nitrogens with one attached hydrogen (secondary N) is 1. The minimum atomic E-state index is 0.0921. The third-order valence-corrected chi connectivity index (χ3v) is 3.61. The fourth-order valence-electron chi connectivity index (χ4n) is 2.26. The fraction of sp³-hybridized carbons (Fsp3) is 0.312. The lowest BCUT2D eigenvalue weighted by Gasteiger charge is -2.11. The van der Waals surface area contributed by atoms with Gasteiger partial charge in [0.25, 0.3) is 5.56 Å². The van der Waals surface area contributed by atoms with Crippen LogP contribution in [0.1, 0.15) is 18.4 Å². The van der Waals surface area contributed by atoms with Crippen LogP contribution in [0, 0.1) is 0 Å². The van der Waals surface area contributed by atoms with Crippen LogP contribution in [0.3, 0.4) is 0 Å². The van der Waals surface area contributed by atoms with Crippen LogP contribution in [-0.2, 0) is 13.6 Å². The molecule has 1 saturated carbocycles. The van der Waals surface area contributed by atoms with E-state index in [1.54, 1.807) is 4.57 Å². The lowest BCUT2D eigenvalue weighted by molar-refractivity contribution is 0.674. The van der Waals surface area contributed by atoms with Gasteiger partial charge in [-0.25, -0.2) is 0 Å². The van der Waals surface area contributed by atoms with Gasteiger partial charge in [0, 0.05) is 25.2 Å². The Morgan fingerprint density at radius 2 is 1.89 bits per heavy atom. The Balaban J connectivity index is 1.91. The van der Waals surface area contributed by atoms with E-state index in [1.165, 1.54) is 12.8 Å². The predicted octanol–water partition coefficient (Wildman–Crippen LogP) is 2.30. The first-order valence-corrected chi connectivity index (χ1v) is 6.73. The van der Waals surface area contributed by atoms with Crippen LogP contribution in [0.4, 0.5) is 0 Å². The predicted molar refractivity (Wildman–Crippen MR) is 77.0 cm³/mol. The molecule has 1 aliphatic rings. The molecule has 0 amide bonds. The van der Waals surface area contributed by atoms with Crippen molar-refractivity contribution in [3.63, 3.8) is 0 Å². The van der Waals surface area contributed by atoms with Crippen molar-refractivity contribution in [3.05, 3.63) is 58.4 Å². The first kappa shape index (κ1) is 12.2. The molecular formula is C16H18N2O. The van der Waals surface area contributed by atoms with E-state index in [0.717, 1.165) is 16.8 Å². The van der Waals surface area contributed by atoms with E-state index in [4.69, 9.17) is 0 Å². The summed E-state index contributed by atoms with van der Waals surface area (Å²) in [5, 5.41) is 3.39. The highest BCUT2D eigenvalue weighted by atomic mass is 16.1. The lowest BCUT2D eigenvalue weighted by atomic mass is 10.1. The smallest absolute Gasteiger partial charge is 0.255 e. The molecule has 0 spiro atoms. The molecule has 3 nitrogen and oxygen atoms in total. The summed E-state index contributed by atoms with van der Waals surface area (Å²) >= 11 is 0. The van der Waals surface area contributed by atoms with Gasteiger partial charge >= 0.3 is 0 Å². The monoisotopic (exact) mass is 254 g/mol. The maximum Gasteiger partial charge on any atom is 0.255 e. The lowest BCUT2D eigenvalue weighted by Crippen LogP contribution is -2.27. The Hall–Kier alpha value is -1.87. The molecule has 0 unspecified atom stereocenters. The topological polar surface area (TPSA) is 34.0 Å². The molecule has 1 aromatic heterocycles. The Bertz CT molecular complexity index is 627. The zero-order chi connectivity index (χ0) is 13.2. The maximum absolute atomic E-state index is 12.3. The normalized spacial score (nSPS) is 14.6. The van der Waals surface area contributed by atoms with Crippen LogP contribution < -0.4 is 10.9 Å². The largest absolute Gasteiger partial charge is 0.311 e. The first-order chi connectivity index (χ1) is 9.25. The molecule has 0 atom stereocenters. The quantitative estimate of drug-likeness (QED) is 0.908. The third-order valence-electron chi connectivity index (χ3n) is 3.61. The van der Waals surface area contributed by atoms with Crippen molar-refractivity contribution in [1.82, 2.24) is 9.88 Å². The van der Waals surface area contributed by atoms with E-state index < -0.39 is 0 Å². The van der Waals surface area contributed by atoms with Crippen molar-refractivity contribution >= 4 is 0 Å². The number of benzene rings is 1. The number of pyridine rings is 1. The summed E-state index contributed by atoms with van der Waals surface area (Å²) in [6, 6.07) is 14.6. The van der Waals surface area contributed by atoms with Crippen molar-refractivity contribution in [1.29, 1.82) is 0 Å². The average molecular weight is 254 g/mol. The molecule has 98 valence electrons. The van der Waals surface area contributed by atoms with Crippen molar-refractivity contribution in [2.24, 2.45) is 7.05 Å². The molecule has 1 N–H and O–H groups in total. The van der Waals surface area contributed by atoms with Crippen molar-refractivity contribution in [2.75, 3.05) is 0 Å². The second-order valence-electron chi connectivity index (χ2n) is 5.13. The molecular weight excluding hydrogens is 236 g/mol. The minimum absolute atomic E-state index is 0.0921. The van der Waals surface area contributed by atoms with E-state index in [0.29, 0.717) is 12.6 Å². The highest BCUT2D eigenvalue weighted by molar-refractivity contribution is 5.59. The number of aromatic nitrogens is 1. The van der Waals surface area contributed by atoms with Crippen molar-refractivity contribution in [2.45, 2.75) is 25.4 Å². The second kappa shape index (κ2) is 5.02. The molecule has 1 aromatic carbocycles. The van der Waals surface area contributed by atoms with Gasteiger partial charge in [0.2, 0.25) is 0 Å². The Kier molecular flexibility index (Phi) is 3.22. The van der Waals surface area contributed by atoms with Gasteiger partial charge in [-0.1, -0.05) is 36.4 Å². The Labute approximate surface area is 112 Å². The summed E-state index contributed by atoms with van der Waals surface area (Å²) < 4.78 is 1.74. The Morgan fingerprint density at radius 1 is 1.16 bits per heavy atom. The molecule has 0 bridgehead atoms. The van der Waals surface area contributed by atoms with Gasteiger partial charge in [-0.3, -0.25) is 4.79 Å². The molecule has 1 heterocycles. The van der Waals surface area contributed by atoms with E-state index in [9.17, 15) is 4.79 Å². The summed E-state index contributed by atoms with van der Waals surface area (Å²) in [6.07, 6.45) is 2.48. The van der Waals surface area contributed by atoms with E-state index in [1.807, 2.05) is 49.5 Å². The first-order valence-electron chi connectivity index (χ1n) is 6.73. The van der Waals surface area contributed by atoms with E-state index >= 15 is 0 Å². The zero-order valence-electron chi connectivity index (χ0n) is 11.1. The number of rotatable bonds is 4. The van der Waals surface area contributed by atoms with E-state index in [2.05, 4.69) is 5.32 Å². The van der Waals surface area contributed by atoms with Crippen molar-refractivity contribution < 1.29 is 0 Å². The van der Waals surface area contributed by atoms with Gasteiger partial charge in [-0.15, -0.1) is 0 Å². The maximum atomic E-state index is 12.3. The van der Waals surface area contributed by atoms with Gasteiger partial charge in [0.15, 0.2) is 0 Å². The van der Waals surface area contributed by atoms with Crippen LogP contribution in [0.15, 0.2) is 47.3 Å². The summed E-state index contributed by atoms with van der Waals surface area (Å²) in [5.41, 5.74) is 2.97. The fourth-order valence-corrected chi connectivity index (χ4v) is 2.26. The van der Waals surface area contributed by atoms with Gasteiger partial charge in [-0.2, -0.15) is 0 Å². The molecule has 1 fully saturated rings. The van der Waals surface area contributed by atoms with Gasteiger partial charge in [0.1, 0.15) is 0 Å². The van der Waals surface area contributed by atoms with Crippen LogP contribution in [0.2, 0.25) is 0 Å². The number of hydrogen-bond donors (Lipinski definition) is 1. The SMILES string of the molecule is Cn1c(-c2ccccc2)ccc(CNC2CC2)c1=O. The average Bonchev–Trinajstić information content (AvgIpc) is 3.26. The van der Waals surface area contributed by atoms with Crippen LogP contribution in [0.5, 0.6) is 0 Å². The summed E-state index contributed by atoms with van der Waals surface area (Å²) in [5.74, 6) is 0. The summed E-state index contributed by atoms with van der Waals surface area (Å²) in [7, 11) is 1.84. The summed E-state index contributed by atoms with van der Waals surface area (Å²) in [6.45, 7) is 0.673. The molecule has 0 radical (unpaired) electrons. The molecule has 0 saturated heterocycles. The molecule has 1 aliphatic carbocycles. The zero-order valence-corrected chi connectivity index (χ0v) is 11.1. The van der Waals surface area contributed by atoms with Gasteiger partial charge < -0.3 is 9.88 Å². The molecule has 3 rings (SSSR count). The highest BCUT2D eigenvalue weighted by Crippen LogP contribution is 2.20. The summed E-state index contributed by atoms with van der Waals surface area (Å²) in [4.78, 5) is 12.3. The minimum Gasteiger partial charge on any atom is -0.311 e. The van der Waals surface area contributed by atoms with E-state index in [-0.39, 0.29) is 5.56 Å². The molecule has 2 aromatic rings. The molecule has 19 heavy (non-hydrogen) atoms. The molecule has 0 aliphatic heterocycles. The standard InChI is InChI=1S/C16H18N2O/c1-18-15(12-5-3-2-4-6-12)10-7-13(16(18)19)11-17-14-8-9-14/h2-7,10,14,17H,8-9,11H2,1H3. The highest BCUT2D eigenvalue weighted by Gasteiger charge is 2.20. The van der Waals surface area contributed by atoms with Crippen LogP contribution in [0.25, 0.3) is 11.3 Å². The second-order valence-corrected chi connectivity index (χ2v) is 5.13. The van der Waals surface area contributed by atoms with Gasteiger partial charge in [0.05, 0.1) is 5.69 Å². The number of hydrogen-bond acceptors (Lipinski definition) is 2. The molecule has 3 heteroatoms. The third kappa shape index (κ3) is 2.61. The van der Waals surface area contributed by atoms with Gasteiger partial charge in [-0.05, 0) is 24.5 Å². The van der Waals surface area contributed by atoms with Crippen LogP contribution >= 0.6 is 0 Å². The Morgan fingerprint density at radius 3 is 2.58 bits per heavy atom. The van der Waals surface area contributed by atoms with Crippen molar-refractivity contribution in [3.8, 4) is 11.3 Å². The number of nitrogens with zero attached hydrogens (tertiary/aromatic N) is 1.